The van der Waals surface area contributed by atoms with Crippen molar-refractivity contribution in [3.63, 3.8) is 0 Å². The standard InChI is InChI=1S/C8H15NO/c1-7(10)2-3-8(6-9)4-5-8/h2-6,9H2,1H3. The van der Waals surface area contributed by atoms with E-state index in [1.165, 1.54) is 12.8 Å². The molecule has 1 rings (SSSR count). The Labute approximate surface area is 61.8 Å². The highest BCUT2D eigenvalue weighted by Crippen LogP contribution is 2.48. The van der Waals surface area contributed by atoms with Gasteiger partial charge in [-0.15, -0.1) is 0 Å². The Morgan fingerprint density at radius 1 is 1.60 bits per heavy atom. The Balaban J connectivity index is 2.19. The molecule has 0 atom stereocenters. The van der Waals surface area contributed by atoms with Gasteiger partial charge in [-0.25, -0.2) is 0 Å². The van der Waals surface area contributed by atoms with E-state index in [2.05, 4.69) is 0 Å². The van der Waals surface area contributed by atoms with Crippen molar-refractivity contribution >= 4 is 5.78 Å². The lowest BCUT2D eigenvalue weighted by Crippen LogP contribution is -2.16. The molecule has 0 amide bonds. The van der Waals surface area contributed by atoms with Crippen molar-refractivity contribution in [3.8, 4) is 0 Å². The first-order valence-electron chi connectivity index (χ1n) is 3.88. The van der Waals surface area contributed by atoms with Gasteiger partial charge in [-0.1, -0.05) is 0 Å². The van der Waals surface area contributed by atoms with Crippen LogP contribution < -0.4 is 5.73 Å². The Morgan fingerprint density at radius 3 is 2.50 bits per heavy atom. The van der Waals surface area contributed by atoms with E-state index in [9.17, 15) is 4.79 Å². The van der Waals surface area contributed by atoms with Gasteiger partial charge in [0.25, 0.3) is 0 Å². The highest BCUT2D eigenvalue weighted by Gasteiger charge is 2.40. The SMILES string of the molecule is CC(=O)CCC1(CN)CC1. The van der Waals surface area contributed by atoms with Gasteiger partial charge in [0.15, 0.2) is 0 Å². The monoisotopic (exact) mass is 141 g/mol. The van der Waals surface area contributed by atoms with Crippen molar-refractivity contribution < 1.29 is 4.79 Å². The number of hydrogen-bond acceptors (Lipinski definition) is 2. The predicted molar refractivity (Wildman–Crippen MR) is 40.6 cm³/mol. The Bertz CT molecular complexity index is 138. The van der Waals surface area contributed by atoms with Gasteiger partial charge in [0.05, 0.1) is 0 Å². The summed E-state index contributed by atoms with van der Waals surface area (Å²) >= 11 is 0. The molecule has 58 valence electrons. The molecule has 10 heavy (non-hydrogen) atoms. The maximum Gasteiger partial charge on any atom is 0.129 e. The van der Waals surface area contributed by atoms with Crippen molar-refractivity contribution in [1.82, 2.24) is 0 Å². The third-order valence-corrected chi connectivity index (χ3v) is 2.40. The van der Waals surface area contributed by atoms with E-state index in [4.69, 9.17) is 5.73 Å². The molecule has 1 saturated carbocycles. The van der Waals surface area contributed by atoms with Crippen molar-refractivity contribution in [3.05, 3.63) is 0 Å². The molecule has 0 unspecified atom stereocenters. The number of rotatable bonds is 4. The third kappa shape index (κ3) is 1.81. The summed E-state index contributed by atoms with van der Waals surface area (Å²) in [4.78, 5) is 10.6. The quantitative estimate of drug-likeness (QED) is 0.637. The first-order chi connectivity index (χ1) is 4.68. The van der Waals surface area contributed by atoms with E-state index in [0.29, 0.717) is 11.2 Å². The minimum absolute atomic E-state index is 0.291. The number of ketones is 1. The van der Waals surface area contributed by atoms with E-state index in [0.717, 1.165) is 19.4 Å². The van der Waals surface area contributed by atoms with Gasteiger partial charge in [-0.3, -0.25) is 0 Å². The summed E-state index contributed by atoms with van der Waals surface area (Å²) in [5, 5.41) is 0. The van der Waals surface area contributed by atoms with Crippen molar-refractivity contribution in [2.75, 3.05) is 6.54 Å². The zero-order valence-corrected chi connectivity index (χ0v) is 6.52. The summed E-state index contributed by atoms with van der Waals surface area (Å²) in [6, 6.07) is 0. The first-order valence-corrected chi connectivity index (χ1v) is 3.88. The fraction of sp³-hybridized carbons (Fsp3) is 0.875. The van der Waals surface area contributed by atoms with Crippen LogP contribution in [0, 0.1) is 5.41 Å². The highest BCUT2D eigenvalue weighted by atomic mass is 16.1. The van der Waals surface area contributed by atoms with E-state index < -0.39 is 0 Å². The summed E-state index contributed by atoms with van der Waals surface area (Å²) in [5.74, 6) is 0.291. The van der Waals surface area contributed by atoms with Gasteiger partial charge in [-0.05, 0) is 38.1 Å². The lowest BCUT2D eigenvalue weighted by molar-refractivity contribution is -0.117. The van der Waals surface area contributed by atoms with Gasteiger partial charge in [-0.2, -0.15) is 0 Å². The summed E-state index contributed by atoms with van der Waals surface area (Å²) in [5.41, 5.74) is 5.92. The number of carbonyl (C=O) groups excluding carboxylic acids is 1. The smallest absolute Gasteiger partial charge is 0.129 e. The molecule has 0 aliphatic heterocycles. The largest absolute Gasteiger partial charge is 0.330 e. The molecular formula is C8H15NO. The fourth-order valence-corrected chi connectivity index (χ4v) is 1.17. The number of nitrogens with two attached hydrogens (primary N) is 1. The van der Waals surface area contributed by atoms with Crippen molar-refractivity contribution in [1.29, 1.82) is 0 Å². The molecule has 0 aromatic heterocycles. The van der Waals surface area contributed by atoms with Crippen LogP contribution in [0.2, 0.25) is 0 Å². The normalized spacial score (nSPS) is 20.6. The number of hydrogen-bond donors (Lipinski definition) is 1. The Kier molecular flexibility index (Phi) is 2.09. The molecule has 2 heteroatoms. The molecule has 1 aliphatic rings. The van der Waals surface area contributed by atoms with Crippen LogP contribution in [0.1, 0.15) is 32.6 Å². The minimum Gasteiger partial charge on any atom is -0.330 e. The van der Waals surface area contributed by atoms with Crippen LogP contribution in [-0.2, 0) is 4.79 Å². The maximum atomic E-state index is 10.6. The first kappa shape index (κ1) is 7.73. The molecule has 0 heterocycles. The zero-order chi connectivity index (χ0) is 7.61. The lowest BCUT2D eigenvalue weighted by Gasteiger charge is -2.08. The maximum absolute atomic E-state index is 10.6. The molecule has 0 radical (unpaired) electrons. The lowest BCUT2D eigenvalue weighted by atomic mass is 9.99. The van der Waals surface area contributed by atoms with Crippen LogP contribution in [0.5, 0.6) is 0 Å². The molecule has 1 aliphatic carbocycles. The molecule has 0 aromatic rings. The zero-order valence-electron chi connectivity index (χ0n) is 6.52. The molecular weight excluding hydrogens is 126 g/mol. The fourth-order valence-electron chi connectivity index (χ4n) is 1.17. The topological polar surface area (TPSA) is 43.1 Å². The van der Waals surface area contributed by atoms with Crippen molar-refractivity contribution in [2.45, 2.75) is 32.6 Å². The number of Topliss-reactive ketones (excluding diaryl/α,β-unsaturated/α-hetero) is 1. The van der Waals surface area contributed by atoms with Gasteiger partial charge in [0.1, 0.15) is 5.78 Å². The number of carbonyl (C=O) groups is 1. The molecule has 1 fully saturated rings. The summed E-state index contributed by atoms with van der Waals surface area (Å²) in [6.07, 6.45) is 4.20. The summed E-state index contributed by atoms with van der Waals surface area (Å²) in [7, 11) is 0. The van der Waals surface area contributed by atoms with Crippen LogP contribution in [0.3, 0.4) is 0 Å². The minimum atomic E-state index is 0.291. The second-order valence-corrected chi connectivity index (χ2v) is 3.41. The third-order valence-electron chi connectivity index (χ3n) is 2.40. The van der Waals surface area contributed by atoms with Crippen LogP contribution in [0.4, 0.5) is 0 Å². The molecule has 2 N–H and O–H groups in total. The highest BCUT2D eigenvalue weighted by molar-refractivity contribution is 5.75. The van der Waals surface area contributed by atoms with Crippen LogP contribution in [0.25, 0.3) is 0 Å². The van der Waals surface area contributed by atoms with Gasteiger partial charge < -0.3 is 10.5 Å². The van der Waals surface area contributed by atoms with Gasteiger partial charge >= 0.3 is 0 Å². The molecule has 0 aromatic carbocycles. The summed E-state index contributed by atoms with van der Waals surface area (Å²) < 4.78 is 0. The van der Waals surface area contributed by atoms with Crippen molar-refractivity contribution in [2.24, 2.45) is 11.1 Å². The second kappa shape index (κ2) is 2.70. The van der Waals surface area contributed by atoms with E-state index >= 15 is 0 Å². The molecule has 0 bridgehead atoms. The van der Waals surface area contributed by atoms with Gasteiger partial charge in [0, 0.05) is 6.42 Å². The summed E-state index contributed by atoms with van der Waals surface area (Å²) in [6.45, 7) is 2.41. The van der Waals surface area contributed by atoms with Crippen LogP contribution in [-0.4, -0.2) is 12.3 Å². The molecule has 2 nitrogen and oxygen atoms in total. The van der Waals surface area contributed by atoms with Gasteiger partial charge in [0.2, 0.25) is 0 Å². The Hall–Kier alpha value is -0.370. The molecule has 0 spiro atoms. The second-order valence-electron chi connectivity index (χ2n) is 3.41. The van der Waals surface area contributed by atoms with Crippen LogP contribution >= 0.6 is 0 Å². The van der Waals surface area contributed by atoms with E-state index in [1.54, 1.807) is 6.92 Å². The average molecular weight is 141 g/mol. The van der Waals surface area contributed by atoms with E-state index in [1.807, 2.05) is 0 Å². The average Bonchev–Trinajstić information content (AvgIpc) is 2.64. The Morgan fingerprint density at radius 2 is 2.20 bits per heavy atom. The molecule has 0 saturated heterocycles. The predicted octanol–water partition coefficient (Wildman–Crippen LogP) is 1.09. The van der Waals surface area contributed by atoms with Crippen LogP contribution in [0.15, 0.2) is 0 Å². The van der Waals surface area contributed by atoms with E-state index in [-0.39, 0.29) is 0 Å².